The summed E-state index contributed by atoms with van der Waals surface area (Å²) in [6.45, 7) is 0.401. The van der Waals surface area contributed by atoms with Gasteiger partial charge in [-0.1, -0.05) is 30.3 Å². The van der Waals surface area contributed by atoms with Gasteiger partial charge in [-0.15, -0.1) is 0 Å². The molecule has 0 aliphatic carbocycles. The summed E-state index contributed by atoms with van der Waals surface area (Å²) in [5.74, 6) is 0.473. The van der Waals surface area contributed by atoms with E-state index in [1.807, 2.05) is 42.5 Å². The third-order valence-corrected chi connectivity index (χ3v) is 3.92. The summed E-state index contributed by atoms with van der Waals surface area (Å²) in [5, 5.41) is 0. The number of benzene rings is 2. The zero-order valence-corrected chi connectivity index (χ0v) is 12.4. The molecule has 0 radical (unpaired) electrons. The first-order valence-corrected chi connectivity index (χ1v) is 7.24. The Labute approximate surface area is 129 Å². The summed E-state index contributed by atoms with van der Waals surface area (Å²) in [6, 6.07) is 15.0. The topological polar surface area (TPSA) is 46.6 Å². The van der Waals surface area contributed by atoms with Crippen LogP contribution in [0.5, 0.6) is 5.75 Å². The maximum atomic E-state index is 12.4. The van der Waals surface area contributed by atoms with Crippen LogP contribution in [-0.2, 0) is 17.6 Å². The molecule has 0 atom stereocenters. The van der Waals surface area contributed by atoms with Crippen LogP contribution in [-0.4, -0.2) is 30.4 Å². The fraction of sp³-hybridized carbons (Fsp3) is 0.222. The first-order valence-electron chi connectivity index (χ1n) is 7.24. The number of hydrogen-bond donors (Lipinski definition) is 0. The van der Waals surface area contributed by atoms with Crippen LogP contribution in [0.25, 0.3) is 0 Å². The van der Waals surface area contributed by atoms with Gasteiger partial charge in [-0.3, -0.25) is 14.5 Å². The fourth-order valence-corrected chi connectivity index (χ4v) is 2.66. The Morgan fingerprint density at radius 1 is 1.05 bits per heavy atom. The lowest BCUT2D eigenvalue weighted by molar-refractivity contribution is -0.128. The maximum Gasteiger partial charge on any atom is 0.260 e. The van der Waals surface area contributed by atoms with Crippen molar-refractivity contribution in [3.63, 3.8) is 0 Å². The number of amides is 2. The number of imide groups is 1. The summed E-state index contributed by atoms with van der Waals surface area (Å²) < 4.78 is 5.12. The molecule has 0 saturated heterocycles. The smallest absolute Gasteiger partial charge is 0.260 e. The number of nitrogens with zero attached hydrogens (tertiary/aromatic N) is 1. The molecular weight excluding hydrogens is 278 g/mol. The molecule has 3 rings (SSSR count). The van der Waals surface area contributed by atoms with Gasteiger partial charge >= 0.3 is 0 Å². The van der Waals surface area contributed by atoms with Crippen molar-refractivity contribution in [1.82, 2.24) is 4.90 Å². The Hall–Kier alpha value is -2.62. The average Bonchev–Trinajstić information content (AvgIpc) is 2.55. The van der Waals surface area contributed by atoms with E-state index in [2.05, 4.69) is 0 Å². The van der Waals surface area contributed by atoms with E-state index in [-0.39, 0.29) is 11.8 Å². The number of fused-ring (bicyclic) bond motifs is 1. The molecule has 2 aromatic rings. The molecule has 2 aromatic carbocycles. The van der Waals surface area contributed by atoms with E-state index in [4.69, 9.17) is 4.74 Å². The quantitative estimate of drug-likeness (QED) is 0.814. The summed E-state index contributed by atoms with van der Waals surface area (Å²) in [4.78, 5) is 26.0. The van der Waals surface area contributed by atoms with Crippen LogP contribution in [0.4, 0.5) is 0 Å². The number of ether oxygens (including phenoxy) is 1. The third kappa shape index (κ3) is 2.72. The summed E-state index contributed by atoms with van der Waals surface area (Å²) in [7, 11) is 1.62. The van der Waals surface area contributed by atoms with Gasteiger partial charge in [0, 0.05) is 12.1 Å². The molecule has 0 saturated carbocycles. The van der Waals surface area contributed by atoms with Gasteiger partial charge in [0.25, 0.3) is 5.91 Å². The Morgan fingerprint density at radius 2 is 1.77 bits per heavy atom. The second-order valence-electron chi connectivity index (χ2n) is 5.28. The lowest BCUT2D eigenvalue weighted by atomic mass is 9.98. The van der Waals surface area contributed by atoms with Gasteiger partial charge in [-0.25, -0.2) is 0 Å². The number of carbonyl (C=O) groups is 2. The maximum absolute atomic E-state index is 12.4. The van der Waals surface area contributed by atoms with E-state index >= 15 is 0 Å². The highest BCUT2D eigenvalue weighted by Crippen LogP contribution is 2.20. The van der Waals surface area contributed by atoms with Gasteiger partial charge in [-0.2, -0.15) is 0 Å². The molecule has 1 aliphatic heterocycles. The summed E-state index contributed by atoms with van der Waals surface area (Å²) in [6.07, 6.45) is 0.939. The second kappa shape index (κ2) is 6.02. The van der Waals surface area contributed by atoms with Gasteiger partial charge < -0.3 is 4.74 Å². The van der Waals surface area contributed by atoms with Crippen LogP contribution < -0.4 is 4.74 Å². The van der Waals surface area contributed by atoms with Crippen molar-refractivity contribution in [3.8, 4) is 5.75 Å². The Bertz CT molecular complexity index is 707. The van der Waals surface area contributed by atoms with E-state index in [1.54, 1.807) is 13.2 Å². The highest BCUT2D eigenvalue weighted by atomic mass is 16.5. The summed E-state index contributed by atoms with van der Waals surface area (Å²) in [5.41, 5.74) is 2.52. The van der Waals surface area contributed by atoms with Crippen LogP contribution in [0.15, 0.2) is 48.5 Å². The first-order chi connectivity index (χ1) is 10.7. The number of hydrogen-bond acceptors (Lipinski definition) is 3. The van der Waals surface area contributed by atoms with Gasteiger partial charge in [0.15, 0.2) is 0 Å². The molecule has 0 fully saturated rings. The molecule has 0 aromatic heterocycles. The molecular formula is C18H17NO3. The Kier molecular flexibility index (Phi) is 3.92. The molecule has 1 heterocycles. The van der Waals surface area contributed by atoms with E-state index in [1.165, 1.54) is 4.90 Å². The van der Waals surface area contributed by atoms with Gasteiger partial charge in [0.2, 0.25) is 5.91 Å². The molecule has 2 amide bonds. The van der Waals surface area contributed by atoms with E-state index in [9.17, 15) is 9.59 Å². The molecule has 0 spiro atoms. The highest BCUT2D eigenvalue weighted by molar-refractivity contribution is 6.09. The number of rotatable bonds is 4. The molecule has 4 heteroatoms. The van der Waals surface area contributed by atoms with Crippen LogP contribution in [0.2, 0.25) is 0 Å². The first kappa shape index (κ1) is 14.3. The van der Waals surface area contributed by atoms with Gasteiger partial charge in [-0.05, 0) is 35.7 Å². The molecule has 4 nitrogen and oxygen atoms in total. The van der Waals surface area contributed by atoms with E-state index in [0.717, 1.165) is 16.9 Å². The van der Waals surface area contributed by atoms with Crippen LogP contribution in [0.1, 0.15) is 21.5 Å². The lowest BCUT2D eigenvalue weighted by Gasteiger charge is -2.26. The Morgan fingerprint density at radius 3 is 2.50 bits per heavy atom. The zero-order valence-electron chi connectivity index (χ0n) is 12.4. The zero-order chi connectivity index (χ0) is 15.5. The van der Waals surface area contributed by atoms with E-state index < -0.39 is 0 Å². The fourth-order valence-electron chi connectivity index (χ4n) is 2.66. The molecule has 0 unspecified atom stereocenters. The van der Waals surface area contributed by atoms with Crippen molar-refractivity contribution in [3.05, 3.63) is 65.2 Å². The molecule has 1 aliphatic rings. The standard InChI is InChI=1S/C18H17NO3/c1-22-15-8-6-13(7-9-15)10-11-19-17(20)12-14-4-2-3-5-16(14)18(19)21/h2-9H,10-12H2,1H3. The Balaban J connectivity index is 1.72. The molecule has 0 bridgehead atoms. The minimum atomic E-state index is -0.194. The molecule has 112 valence electrons. The summed E-state index contributed by atoms with van der Waals surface area (Å²) >= 11 is 0. The predicted molar refractivity (Wildman–Crippen MR) is 82.9 cm³/mol. The van der Waals surface area contributed by atoms with Crippen molar-refractivity contribution in [2.45, 2.75) is 12.8 Å². The normalized spacial score (nSPS) is 14.0. The largest absolute Gasteiger partial charge is 0.497 e. The third-order valence-electron chi connectivity index (χ3n) is 3.92. The highest BCUT2D eigenvalue weighted by Gasteiger charge is 2.29. The second-order valence-corrected chi connectivity index (χ2v) is 5.28. The van der Waals surface area contributed by atoms with Crippen LogP contribution in [0.3, 0.4) is 0 Å². The average molecular weight is 295 g/mol. The molecule has 22 heavy (non-hydrogen) atoms. The van der Waals surface area contributed by atoms with Gasteiger partial charge in [0.1, 0.15) is 5.75 Å². The van der Waals surface area contributed by atoms with Crippen molar-refractivity contribution in [1.29, 1.82) is 0 Å². The van der Waals surface area contributed by atoms with Crippen molar-refractivity contribution >= 4 is 11.8 Å². The minimum absolute atomic E-state index is 0.128. The van der Waals surface area contributed by atoms with Crippen molar-refractivity contribution in [2.75, 3.05) is 13.7 Å². The predicted octanol–water partition coefficient (Wildman–Crippen LogP) is 2.46. The minimum Gasteiger partial charge on any atom is -0.497 e. The van der Waals surface area contributed by atoms with Crippen LogP contribution in [0, 0.1) is 0 Å². The van der Waals surface area contributed by atoms with Gasteiger partial charge in [0.05, 0.1) is 13.5 Å². The van der Waals surface area contributed by atoms with Crippen LogP contribution >= 0.6 is 0 Å². The van der Waals surface area contributed by atoms with Crippen molar-refractivity contribution in [2.24, 2.45) is 0 Å². The monoisotopic (exact) mass is 295 g/mol. The lowest BCUT2D eigenvalue weighted by Crippen LogP contribution is -2.43. The van der Waals surface area contributed by atoms with E-state index in [0.29, 0.717) is 24.9 Å². The SMILES string of the molecule is COc1ccc(CCN2C(=O)Cc3ccccc3C2=O)cc1. The number of carbonyl (C=O) groups excluding carboxylic acids is 2. The molecule has 0 N–H and O–H groups in total. The number of methoxy groups -OCH3 is 1. The van der Waals surface area contributed by atoms with Crippen molar-refractivity contribution < 1.29 is 14.3 Å².